The zero-order chi connectivity index (χ0) is 10.6. The van der Waals surface area contributed by atoms with Gasteiger partial charge in [0.15, 0.2) is 0 Å². The second-order valence-corrected chi connectivity index (χ2v) is 4.91. The molecule has 1 atom stereocenters. The summed E-state index contributed by atoms with van der Waals surface area (Å²) in [4.78, 5) is 8.57. The molecule has 4 nitrogen and oxygen atoms in total. The Hall–Kier alpha value is -0.480. The van der Waals surface area contributed by atoms with Crippen LogP contribution in [0.1, 0.15) is 5.56 Å². The highest BCUT2D eigenvalue weighted by molar-refractivity contribution is 7.86. The van der Waals surface area contributed by atoms with Crippen molar-refractivity contribution >= 4 is 18.9 Å². The van der Waals surface area contributed by atoms with Gasteiger partial charge in [0.1, 0.15) is 6.35 Å². The minimum Gasteiger partial charge on any atom is -0.375 e. The number of hydrogen-bond donors (Lipinski definition) is 1. The molecular weight excluding hydrogens is 223 g/mol. The van der Waals surface area contributed by atoms with Crippen LogP contribution >= 0.6 is 8.81 Å². The SMILES string of the molecule is Cc1ccc(S(=O)(=O)OCPO)cc1. The lowest BCUT2D eigenvalue weighted by atomic mass is 10.2. The third kappa shape index (κ3) is 3.03. The van der Waals surface area contributed by atoms with Gasteiger partial charge in [-0.2, -0.15) is 8.42 Å². The van der Waals surface area contributed by atoms with E-state index in [2.05, 4.69) is 4.18 Å². The average Bonchev–Trinajstić information content (AvgIpc) is 2.16. The standard InChI is InChI=1S/C8H11O4PS/c1-7-2-4-8(5-3-7)14(10,11)12-6-13-9/h2-5,9,13H,6H2,1H3. The predicted molar refractivity (Wildman–Crippen MR) is 54.9 cm³/mol. The normalized spacial score (nSPS) is 12.4. The maximum Gasteiger partial charge on any atom is 0.297 e. The van der Waals surface area contributed by atoms with Crippen molar-refractivity contribution in [3.8, 4) is 0 Å². The van der Waals surface area contributed by atoms with E-state index < -0.39 is 18.9 Å². The first kappa shape index (κ1) is 11.6. The molecule has 0 aliphatic rings. The molecule has 1 N–H and O–H groups in total. The van der Waals surface area contributed by atoms with E-state index in [4.69, 9.17) is 4.89 Å². The van der Waals surface area contributed by atoms with Crippen LogP contribution in [0, 0.1) is 6.92 Å². The summed E-state index contributed by atoms with van der Waals surface area (Å²) in [5.41, 5.74) is 0.980. The molecule has 0 spiro atoms. The van der Waals surface area contributed by atoms with E-state index >= 15 is 0 Å². The summed E-state index contributed by atoms with van der Waals surface area (Å²) >= 11 is 0. The molecule has 0 bridgehead atoms. The van der Waals surface area contributed by atoms with Crippen LogP contribution in [-0.4, -0.2) is 19.7 Å². The number of aryl methyl sites for hydroxylation is 1. The maximum atomic E-state index is 11.4. The quantitative estimate of drug-likeness (QED) is 0.629. The van der Waals surface area contributed by atoms with E-state index in [-0.39, 0.29) is 11.2 Å². The molecule has 1 unspecified atom stereocenters. The van der Waals surface area contributed by atoms with E-state index in [1.54, 1.807) is 12.1 Å². The smallest absolute Gasteiger partial charge is 0.297 e. The zero-order valence-electron chi connectivity index (χ0n) is 7.60. The van der Waals surface area contributed by atoms with Gasteiger partial charge in [0, 0.05) is 8.81 Å². The van der Waals surface area contributed by atoms with Crippen molar-refractivity contribution in [2.75, 3.05) is 6.35 Å². The Bertz CT molecular complexity index is 384. The van der Waals surface area contributed by atoms with E-state index in [1.165, 1.54) is 12.1 Å². The van der Waals surface area contributed by atoms with Crippen molar-refractivity contribution in [2.45, 2.75) is 11.8 Å². The van der Waals surface area contributed by atoms with Gasteiger partial charge in [-0.05, 0) is 19.1 Å². The predicted octanol–water partition coefficient (Wildman–Crippen LogP) is 1.24. The summed E-state index contributed by atoms with van der Waals surface area (Å²) < 4.78 is 27.3. The van der Waals surface area contributed by atoms with Crippen molar-refractivity contribution in [1.82, 2.24) is 0 Å². The summed E-state index contributed by atoms with van der Waals surface area (Å²) in [6, 6.07) is 6.34. The summed E-state index contributed by atoms with van der Waals surface area (Å²) in [6.07, 6.45) is -0.184. The van der Waals surface area contributed by atoms with Crippen molar-refractivity contribution in [1.29, 1.82) is 0 Å². The fourth-order valence-electron chi connectivity index (χ4n) is 0.877. The van der Waals surface area contributed by atoms with Crippen LogP contribution in [0.2, 0.25) is 0 Å². The largest absolute Gasteiger partial charge is 0.375 e. The molecule has 0 aromatic heterocycles. The molecule has 0 heterocycles. The highest BCUT2D eigenvalue weighted by Crippen LogP contribution is 2.15. The minimum atomic E-state index is -3.69. The molecule has 0 aliphatic carbocycles. The molecule has 1 aromatic rings. The van der Waals surface area contributed by atoms with Crippen LogP contribution < -0.4 is 0 Å². The molecule has 0 radical (unpaired) electrons. The maximum absolute atomic E-state index is 11.4. The molecule has 0 saturated carbocycles. The Morgan fingerprint density at radius 1 is 1.36 bits per heavy atom. The van der Waals surface area contributed by atoms with Crippen molar-refractivity contribution in [2.24, 2.45) is 0 Å². The van der Waals surface area contributed by atoms with Gasteiger partial charge in [0.2, 0.25) is 0 Å². The number of benzene rings is 1. The van der Waals surface area contributed by atoms with Gasteiger partial charge in [-0.25, -0.2) is 0 Å². The van der Waals surface area contributed by atoms with Gasteiger partial charge in [-0.1, -0.05) is 17.7 Å². The molecule has 14 heavy (non-hydrogen) atoms. The van der Waals surface area contributed by atoms with E-state index in [9.17, 15) is 8.42 Å². The van der Waals surface area contributed by atoms with E-state index in [1.807, 2.05) is 6.92 Å². The fourth-order valence-corrected chi connectivity index (χ4v) is 2.31. The van der Waals surface area contributed by atoms with E-state index in [0.717, 1.165) is 5.56 Å². The van der Waals surface area contributed by atoms with Gasteiger partial charge < -0.3 is 4.89 Å². The molecule has 0 fully saturated rings. The van der Waals surface area contributed by atoms with Gasteiger partial charge in [-0.3, -0.25) is 4.18 Å². The topological polar surface area (TPSA) is 63.6 Å². The highest BCUT2D eigenvalue weighted by Gasteiger charge is 2.13. The lowest BCUT2D eigenvalue weighted by Gasteiger charge is -2.03. The van der Waals surface area contributed by atoms with Crippen LogP contribution in [0.25, 0.3) is 0 Å². The molecule has 1 aromatic carbocycles. The summed E-state index contributed by atoms with van der Waals surface area (Å²) in [7, 11) is -4.22. The molecule has 0 saturated heterocycles. The molecular formula is C8H11O4PS. The number of hydrogen-bond acceptors (Lipinski definition) is 4. The molecule has 6 heteroatoms. The molecule has 0 amide bonds. The summed E-state index contributed by atoms with van der Waals surface area (Å²) in [5, 5.41) is 0. The third-order valence-electron chi connectivity index (χ3n) is 1.59. The average molecular weight is 234 g/mol. The van der Waals surface area contributed by atoms with Crippen LogP contribution in [0.3, 0.4) is 0 Å². The van der Waals surface area contributed by atoms with Crippen molar-refractivity contribution in [3.05, 3.63) is 29.8 Å². The summed E-state index contributed by atoms with van der Waals surface area (Å²) in [5.74, 6) is 0. The first-order chi connectivity index (χ1) is 6.56. The van der Waals surface area contributed by atoms with Crippen LogP contribution in [-0.2, 0) is 14.3 Å². The lowest BCUT2D eigenvalue weighted by Crippen LogP contribution is -2.05. The Kier molecular flexibility index (Phi) is 4.01. The Balaban J connectivity index is 2.87. The fraction of sp³-hybridized carbons (Fsp3) is 0.250. The Labute approximate surface area is 84.9 Å². The van der Waals surface area contributed by atoms with Crippen LogP contribution in [0.15, 0.2) is 29.2 Å². The van der Waals surface area contributed by atoms with E-state index in [0.29, 0.717) is 0 Å². The monoisotopic (exact) mass is 234 g/mol. The van der Waals surface area contributed by atoms with Crippen molar-refractivity contribution < 1.29 is 17.5 Å². The molecule has 78 valence electrons. The highest BCUT2D eigenvalue weighted by atomic mass is 32.2. The van der Waals surface area contributed by atoms with Crippen LogP contribution in [0.4, 0.5) is 0 Å². The first-order valence-electron chi connectivity index (χ1n) is 3.89. The first-order valence-corrected chi connectivity index (χ1v) is 6.45. The second kappa shape index (κ2) is 4.84. The van der Waals surface area contributed by atoms with Crippen molar-refractivity contribution in [3.63, 3.8) is 0 Å². The minimum absolute atomic E-state index is 0.112. The van der Waals surface area contributed by atoms with Gasteiger partial charge in [0.05, 0.1) is 4.90 Å². The second-order valence-electron chi connectivity index (χ2n) is 2.69. The van der Waals surface area contributed by atoms with Gasteiger partial charge in [-0.15, -0.1) is 0 Å². The Morgan fingerprint density at radius 3 is 2.43 bits per heavy atom. The Morgan fingerprint density at radius 2 is 1.93 bits per heavy atom. The summed E-state index contributed by atoms with van der Waals surface area (Å²) in [6.45, 7) is 1.87. The lowest BCUT2D eigenvalue weighted by molar-refractivity contribution is 0.371. The van der Waals surface area contributed by atoms with Gasteiger partial charge >= 0.3 is 0 Å². The molecule has 1 rings (SSSR count). The van der Waals surface area contributed by atoms with Crippen LogP contribution in [0.5, 0.6) is 0 Å². The number of rotatable bonds is 4. The molecule has 0 aliphatic heterocycles. The third-order valence-corrected chi connectivity index (χ3v) is 3.35. The zero-order valence-corrected chi connectivity index (χ0v) is 9.41. The van der Waals surface area contributed by atoms with Gasteiger partial charge in [0.25, 0.3) is 10.1 Å².